The zero-order valence-corrected chi connectivity index (χ0v) is 11.9. The number of nitrogens with one attached hydrogen (secondary N) is 1. The molecule has 0 aliphatic carbocycles. The number of carboxylic acids is 1. The summed E-state index contributed by atoms with van der Waals surface area (Å²) in [5.41, 5.74) is 6.00. The highest BCUT2D eigenvalue weighted by Crippen LogP contribution is 2.20. The third-order valence-corrected chi connectivity index (χ3v) is 2.62. The number of hydrogen-bond donors (Lipinski definition) is 3. The van der Waals surface area contributed by atoms with Crippen LogP contribution in [0.25, 0.3) is 0 Å². The molecule has 0 aliphatic rings. The monoisotopic (exact) mass is 266 g/mol. The van der Waals surface area contributed by atoms with Crippen molar-refractivity contribution in [3.63, 3.8) is 0 Å². The first-order valence-electron chi connectivity index (χ1n) is 6.09. The van der Waals surface area contributed by atoms with Crippen molar-refractivity contribution in [2.45, 2.75) is 13.8 Å². The molecule has 6 nitrogen and oxygen atoms in total. The van der Waals surface area contributed by atoms with E-state index in [0.717, 1.165) is 6.54 Å². The Bertz CT molecular complexity index is 458. The van der Waals surface area contributed by atoms with Gasteiger partial charge in [-0.05, 0) is 25.6 Å². The molecule has 0 bridgehead atoms. The van der Waals surface area contributed by atoms with Crippen molar-refractivity contribution in [1.82, 2.24) is 9.88 Å². The topological polar surface area (TPSA) is 91.5 Å². The minimum Gasteiger partial charge on any atom is -0.478 e. The third kappa shape index (κ3) is 4.75. The van der Waals surface area contributed by atoms with Crippen LogP contribution in [0.4, 0.5) is 11.5 Å². The Balaban J connectivity index is 2.80. The molecule has 0 saturated carbocycles. The van der Waals surface area contributed by atoms with Gasteiger partial charge in [0.25, 0.3) is 0 Å². The van der Waals surface area contributed by atoms with E-state index in [9.17, 15) is 4.79 Å². The number of nitrogens with two attached hydrogens (primary N) is 1. The van der Waals surface area contributed by atoms with Crippen molar-refractivity contribution < 1.29 is 9.90 Å². The number of anilines is 2. The lowest BCUT2D eigenvalue weighted by Crippen LogP contribution is -2.34. The molecule has 0 radical (unpaired) electrons. The number of aromatic nitrogens is 1. The molecule has 4 N–H and O–H groups in total. The molecule has 1 rings (SSSR count). The average Bonchev–Trinajstić information content (AvgIpc) is 2.25. The second-order valence-electron chi connectivity index (χ2n) is 5.73. The summed E-state index contributed by atoms with van der Waals surface area (Å²) in [5.74, 6) is -0.679. The van der Waals surface area contributed by atoms with Gasteiger partial charge in [0.2, 0.25) is 0 Å². The fraction of sp³-hybridized carbons (Fsp3) is 0.538. The molecular weight excluding hydrogens is 244 g/mol. The second-order valence-corrected chi connectivity index (χ2v) is 5.73. The molecule has 106 valence electrons. The summed E-state index contributed by atoms with van der Waals surface area (Å²) in [6.07, 6.45) is 1.45. The van der Waals surface area contributed by atoms with Crippen LogP contribution in [0.3, 0.4) is 0 Å². The number of rotatable bonds is 6. The SMILES string of the molecule is CN(C)CC(C)(C)CNc1ncc(N)cc1C(=O)O. The van der Waals surface area contributed by atoms with Crippen LogP contribution in [-0.2, 0) is 0 Å². The second kappa shape index (κ2) is 5.88. The largest absolute Gasteiger partial charge is 0.478 e. The van der Waals surface area contributed by atoms with E-state index in [1.165, 1.54) is 12.3 Å². The number of aromatic carboxylic acids is 1. The van der Waals surface area contributed by atoms with E-state index in [2.05, 4.69) is 29.0 Å². The van der Waals surface area contributed by atoms with Crippen LogP contribution in [0.2, 0.25) is 0 Å². The summed E-state index contributed by atoms with van der Waals surface area (Å²) < 4.78 is 0. The highest BCUT2D eigenvalue weighted by atomic mass is 16.4. The third-order valence-electron chi connectivity index (χ3n) is 2.62. The Morgan fingerprint density at radius 2 is 2.16 bits per heavy atom. The lowest BCUT2D eigenvalue weighted by Gasteiger charge is -2.28. The number of pyridine rings is 1. The van der Waals surface area contributed by atoms with E-state index in [4.69, 9.17) is 10.8 Å². The molecule has 0 amide bonds. The Kier molecular flexibility index (Phi) is 4.72. The van der Waals surface area contributed by atoms with Gasteiger partial charge in [-0.2, -0.15) is 0 Å². The van der Waals surface area contributed by atoms with Crippen LogP contribution in [0, 0.1) is 5.41 Å². The summed E-state index contributed by atoms with van der Waals surface area (Å²) in [5, 5.41) is 12.2. The van der Waals surface area contributed by atoms with E-state index >= 15 is 0 Å². The van der Waals surface area contributed by atoms with Crippen molar-refractivity contribution in [2.75, 3.05) is 38.2 Å². The summed E-state index contributed by atoms with van der Waals surface area (Å²) in [6.45, 7) is 5.73. The highest BCUT2D eigenvalue weighted by Gasteiger charge is 2.20. The molecule has 0 aliphatic heterocycles. The Labute approximate surface area is 113 Å². The molecule has 0 unspecified atom stereocenters. The summed E-state index contributed by atoms with van der Waals surface area (Å²) >= 11 is 0. The van der Waals surface area contributed by atoms with Gasteiger partial charge in [0, 0.05) is 13.1 Å². The fourth-order valence-electron chi connectivity index (χ4n) is 2.02. The van der Waals surface area contributed by atoms with E-state index < -0.39 is 5.97 Å². The van der Waals surface area contributed by atoms with Crippen molar-refractivity contribution in [3.05, 3.63) is 17.8 Å². The van der Waals surface area contributed by atoms with Crippen molar-refractivity contribution >= 4 is 17.5 Å². The number of nitrogen functional groups attached to an aromatic ring is 1. The van der Waals surface area contributed by atoms with Crippen LogP contribution >= 0.6 is 0 Å². The lowest BCUT2D eigenvalue weighted by atomic mass is 9.93. The van der Waals surface area contributed by atoms with E-state index in [1.807, 2.05) is 14.1 Å². The molecular formula is C13H22N4O2. The Morgan fingerprint density at radius 3 is 2.68 bits per heavy atom. The first kappa shape index (κ1) is 15.2. The van der Waals surface area contributed by atoms with Crippen LogP contribution < -0.4 is 11.1 Å². The van der Waals surface area contributed by atoms with Gasteiger partial charge in [-0.25, -0.2) is 9.78 Å². The number of carbonyl (C=O) groups is 1. The van der Waals surface area contributed by atoms with E-state index in [1.54, 1.807) is 0 Å². The Hall–Kier alpha value is -1.82. The number of carboxylic acid groups (broad SMARTS) is 1. The maximum atomic E-state index is 11.1. The minimum atomic E-state index is -1.03. The number of nitrogens with zero attached hydrogens (tertiary/aromatic N) is 2. The van der Waals surface area contributed by atoms with Crippen LogP contribution in [-0.4, -0.2) is 48.1 Å². The van der Waals surface area contributed by atoms with Gasteiger partial charge >= 0.3 is 5.97 Å². The van der Waals surface area contributed by atoms with Crippen molar-refractivity contribution in [2.24, 2.45) is 5.41 Å². The molecule has 0 fully saturated rings. The normalized spacial score (nSPS) is 11.6. The molecule has 0 saturated heterocycles. The molecule has 1 aromatic rings. The van der Waals surface area contributed by atoms with Crippen LogP contribution in [0.1, 0.15) is 24.2 Å². The van der Waals surface area contributed by atoms with Gasteiger partial charge in [0.05, 0.1) is 11.9 Å². The van der Waals surface area contributed by atoms with Gasteiger partial charge in [-0.3, -0.25) is 0 Å². The van der Waals surface area contributed by atoms with Crippen molar-refractivity contribution in [3.8, 4) is 0 Å². The van der Waals surface area contributed by atoms with E-state index in [-0.39, 0.29) is 11.0 Å². The molecule has 6 heteroatoms. The van der Waals surface area contributed by atoms with Crippen molar-refractivity contribution in [1.29, 1.82) is 0 Å². The molecule has 0 spiro atoms. The van der Waals surface area contributed by atoms with Gasteiger partial charge in [0.15, 0.2) is 0 Å². The smallest absolute Gasteiger partial charge is 0.339 e. The quantitative estimate of drug-likeness (QED) is 0.720. The highest BCUT2D eigenvalue weighted by molar-refractivity contribution is 5.94. The zero-order valence-electron chi connectivity index (χ0n) is 11.9. The van der Waals surface area contributed by atoms with Gasteiger partial charge in [-0.1, -0.05) is 13.8 Å². The standard InChI is InChI=1S/C13H22N4O2/c1-13(2,8-17(3)4)7-16-11-10(12(18)19)5-9(14)6-15-11/h5-6H,7-8,14H2,1-4H3,(H,15,16)(H,18,19). The molecule has 0 atom stereocenters. The lowest BCUT2D eigenvalue weighted by molar-refractivity contribution is 0.0697. The molecule has 1 heterocycles. The van der Waals surface area contributed by atoms with Gasteiger partial charge in [0.1, 0.15) is 11.4 Å². The van der Waals surface area contributed by atoms with Crippen LogP contribution in [0.5, 0.6) is 0 Å². The number of hydrogen-bond acceptors (Lipinski definition) is 5. The first-order chi connectivity index (χ1) is 8.71. The van der Waals surface area contributed by atoms with Gasteiger partial charge in [-0.15, -0.1) is 0 Å². The first-order valence-corrected chi connectivity index (χ1v) is 6.09. The maximum absolute atomic E-state index is 11.1. The Morgan fingerprint density at radius 1 is 1.53 bits per heavy atom. The summed E-state index contributed by atoms with van der Waals surface area (Å²) in [4.78, 5) is 17.3. The molecule has 19 heavy (non-hydrogen) atoms. The molecule has 1 aromatic heterocycles. The van der Waals surface area contributed by atoms with E-state index in [0.29, 0.717) is 18.1 Å². The zero-order chi connectivity index (χ0) is 14.6. The predicted molar refractivity (Wildman–Crippen MR) is 76.4 cm³/mol. The summed E-state index contributed by atoms with van der Waals surface area (Å²) in [6, 6.07) is 1.41. The van der Waals surface area contributed by atoms with Crippen LogP contribution in [0.15, 0.2) is 12.3 Å². The average molecular weight is 266 g/mol. The maximum Gasteiger partial charge on any atom is 0.339 e. The molecule has 0 aromatic carbocycles. The fourth-order valence-corrected chi connectivity index (χ4v) is 2.02. The minimum absolute atomic E-state index is 0.00232. The summed E-state index contributed by atoms with van der Waals surface area (Å²) in [7, 11) is 4.01. The van der Waals surface area contributed by atoms with Gasteiger partial charge < -0.3 is 21.1 Å². The predicted octanol–water partition coefficient (Wildman–Crippen LogP) is 1.36.